The normalized spacial score (nSPS) is 32.5. The molecule has 3 aliphatic heterocycles. The highest BCUT2D eigenvalue weighted by molar-refractivity contribution is 6.84. The molecule has 4 atom stereocenters. The Hall–Kier alpha value is -1.09. The lowest BCUT2D eigenvalue weighted by molar-refractivity contribution is -0.121. The lowest BCUT2D eigenvalue weighted by atomic mass is 9.91. The van der Waals surface area contributed by atoms with Crippen molar-refractivity contribution < 1.29 is 22.4 Å². The van der Waals surface area contributed by atoms with Gasteiger partial charge in [-0.05, 0) is 35.0 Å². The van der Waals surface area contributed by atoms with Crippen molar-refractivity contribution in [3.8, 4) is 0 Å². The number of nitrogens with zero attached hydrogens (tertiary/aromatic N) is 1. The molecule has 9 nitrogen and oxygen atoms in total. The summed E-state index contributed by atoms with van der Waals surface area (Å²) in [5, 5.41) is 0. The van der Waals surface area contributed by atoms with Gasteiger partial charge in [0, 0.05) is 18.9 Å². The van der Waals surface area contributed by atoms with E-state index in [4.69, 9.17) is 22.4 Å². The summed E-state index contributed by atoms with van der Waals surface area (Å²) in [6.45, 7) is 18.4. The van der Waals surface area contributed by atoms with Gasteiger partial charge in [-0.15, -0.1) is 0 Å². The molecule has 0 unspecified atom stereocenters. The first-order valence-corrected chi connectivity index (χ1v) is 17.0. The van der Waals surface area contributed by atoms with Crippen LogP contribution in [0.4, 0.5) is 0 Å². The fourth-order valence-corrected chi connectivity index (χ4v) is 17.5. The van der Waals surface area contributed by atoms with E-state index in [0.717, 1.165) is 6.42 Å². The van der Waals surface area contributed by atoms with Gasteiger partial charge in [0.2, 0.25) is 0 Å². The smallest absolute Gasteiger partial charge is 0.335 e. The van der Waals surface area contributed by atoms with Gasteiger partial charge in [0.1, 0.15) is 17.8 Å². The lowest BCUT2D eigenvalue weighted by Crippen LogP contribution is -2.67. The van der Waals surface area contributed by atoms with E-state index in [1.165, 1.54) is 16.8 Å². The summed E-state index contributed by atoms with van der Waals surface area (Å²) in [5.74, 6) is 0. The van der Waals surface area contributed by atoms with Crippen molar-refractivity contribution in [3.05, 3.63) is 33.1 Å². The number of nitrogens with one attached hydrogen (secondary N) is 1. The summed E-state index contributed by atoms with van der Waals surface area (Å²) in [7, 11) is -5.59. The molecule has 3 fully saturated rings. The molecule has 0 saturated carbocycles. The van der Waals surface area contributed by atoms with Gasteiger partial charge in [0.25, 0.3) is 5.56 Å². The second-order valence-corrected chi connectivity index (χ2v) is 20.3. The van der Waals surface area contributed by atoms with Crippen LogP contribution in [0.5, 0.6) is 0 Å². The number of rotatable bonds is 5. The number of hydrogen-bond acceptors (Lipinski definition) is 7. The van der Waals surface area contributed by atoms with Gasteiger partial charge in [-0.25, -0.2) is 4.79 Å². The molecule has 0 aliphatic carbocycles. The molecule has 1 aromatic rings. The van der Waals surface area contributed by atoms with Crippen molar-refractivity contribution in [1.82, 2.24) is 9.55 Å². The zero-order chi connectivity index (χ0) is 25.8. The van der Waals surface area contributed by atoms with E-state index < -0.39 is 52.4 Å². The molecule has 4 heterocycles. The molecule has 0 bridgehead atoms. The molecule has 1 aromatic heterocycles. The quantitative estimate of drug-likeness (QED) is 0.580. The highest BCUT2D eigenvalue weighted by atomic mass is 28.5. The minimum atomic E-state index is -2.88. The summed E-state index contributed by atoms with van der Waals surface area (Å²) in [6, 6.07) is 1.34. The van der Waals surface area contributed by atoms with Crippen LogP contribution in [0.15, 0.2) is 21.9 Å². The fourth-order valence-electron chi connectivity index (χ4n) is 6.25. The minimum Gasteiger partial charge on any atom is -0.414 e. The Labute approximate surface area is 210 Å². The highest BCUT2D eigenvalue weighted by Gasteiger charge is 2.67. The first-order valence-electron chi connectivity index (χ1n) is 13.0. The average molecular weight is 527 g/mol. The van der Waals surface area contributed by atoms with Gasteiger partial charge in [0.15, 0.2) is 6.23 Å². The topological polar surface area (TPSA) is 101 Å². The number of H-pyrrole nitrogens is 1. The largest absolute Gasteiger partial charge is 0.414 e. The van der Waals surface area contributed by atoms with Crippen molar-refractivity contribution in [2.45, 2.75) is 114 Å². The third-order valence-corrected chi connectivity index (χ3v) is 18.3. The summed E-state index contributed by atoms with van der Waals surface area (Å²) < 4.78 is 35.9. The summed E-state index contributed by atoms with van der Waals surface area (Å²) >= 11 is 0. The van der Waals surface area contributed by atoms with Gasteiger partial charge in [-0.1, -0.05) is 55.4 Å². The Bertz CT molecular complexity index is 1000. The highest BCUT2D eigenvalue weighted by Crippen LogP contribution is 2.54. The number of fused-ring (bicyclic) bond motifs is 2. The van der Waals surface area contributed by atoms with Crippen LogP contribution in [0.25, 0.3) is 0 Å². The van der Waals surface area contributed by atoms with Crippen LogP contribution in [0.1, 0.15) is 74.5 Å². The van der Waals surface area contributed by atoms with Gasteiger partial charge in [0.05, 0.1) is 6.61 Å². The monoisotopic (exact) mass is 526 g/mol. The Morgan fingerprint density at radius 1 is 1.00 bits per heavy atom. The van der Waals surface area contributed by atoms with E-state index in [2.05, 4.69) is 60.4 Å². The Morgan fingerprint density at radius 2 is 1.63 bits per heavy atom. The van der Waals surface area contributed by atoms with Crippen molar-refractivity contribution in [3.63, 3.8) is 0 Å². The van der Waals surface area contributed by atoms with Crippen LogP contribution in [-0.2, 0) is 22.4 Å². The van der Waals surface area contributed by atoms with Crippen molar-refractivity contribution in [2.24, 2.45) is 0 Å². The molecule has 0 amide bonds. The van der Waals surface area contributed by atoms with Crippen molar-refractivity contribution in [1.29, 1.82) is 0 Å². The fraction of sp³-hybridized carbons (Fsp3) is 0.833. The number of hydrogen-bond donors (Lipinski definition) is 1. The van der Waals surface area contributed by atoms with Crippen molar-refractivity contribution >= 4 is 17.1 Å². The summed E-state index contributed by atoms with van der Waals surface area (Å²) in [4.78, 5) is 26.9. The molecule has 3 aliphatic rings. The van der Waals surface area contributed by atoms with E-state index in [1.807, 2.05) is 0 Å². The molecule has 4 rings (SSSR count). The predicted octanol–water partition coefficient (Wildman–Crippen LogP) is 3.94. The molecule has 198 valence electrons. The molecule has 0 radical (unpaired) electrons. The van der Waals surface area contributed by atoms with Crippen LogP contribution >= 0.6 is 0 Å². The van der Waals surface area contributed by atoms with Gasteiger partial charge in [-0.3, -0.25) is 14.3 Å². The SMILES string of the molecule is CC(C)[Si]1(C(C)C)OC[C@H]2O[C@@H](n3ccc(=O)[nH]c3=O)[C@]3(CCCO3)[C@@H]2O[Si](C(C)C)(C(C)C)O1. The van der Waals surface area contributed by atoms with Gasteiger partial charge in [-0.2, -0.15) is 0 Å². The molecule has 1 N–H and O–H groups in total. The molecule has 0 aromatic carbocycles. The summed E-state index contributed by atoms with van der Waals surface area (Å²) in [6.07, 6.45) is 1.41. The Kier molecular flexibility index (Phi) is 7.44. The van der Waals surface area contributed by atoms with Crippen LogP contribution in [0.3, 0.4) is 0 Å². The minimum absolute atomic E-state index is 0.169. The molecule has 3 saturated heterocycles. The summed E-state index contributed by atoms with van der Waals surface area (Å²) in [5.41, 5.74) is -1.04. The van der Waals surface area contributed by atoms with Crippen LogP contribution in [0.2, 0.25) is 22.2 Å². The second kappa shape index (κ2) is 9.66. The second-order valence-electron chi connectivity index (χ2n) is 11.5. The third-order valence-electron chi connectivity index (χ3n) is 8.05. The van der Waals surface area contributed by atoms with Crippen LogP contribution in [-0.4, -0.2) is 57.7 Å². The van der Waals surface area contributed by atoms with E-state index >= 15 is 0 Å². The molecule has 1 spiro atoms. The zero-order valence-electron chi connectivity index (χ0n) is 22.3. The standard InChI is InChI=1S/C24H42N2O7Si2/c1-15(2)34(16(3)4)30-14-19-21(32-35(33-34,17(5)6)18(7)8)24(11-9-13-29-24)22(31-19)26-12-10-20(27)25-23(26)28/h10,12,15-19,21-22H,9,11,13-14H2,1-8H3,(H,25,27,28)/t19-,21-,22-,24+/m1/s1. The predicted molar refractivity (Wildman–Crippen MR) is 137 cm³/mol. The molecular formula is C24H42N2O7Si2. The maximum absolute atomic E-state index is 12.8. The van der Waals surface area contributed by atoms with E-state index in [-0.39, 0.29) is 22.2 Å². The molecule has 11 heteroatoms. The van der Waals surface area contributed by atoms with E-state index in [1.54, 1.807) is 0 Å². The first-order chi connectivity index (χ1) is 16.4. The Morgan fingerprint density at radius 3 is 2.14 bits per heavy atom. The van der Waals surface area contributed by atoms with E-state index in [0.29, 0.717) is 19.6 Å². The van der Waals surface area contributed by atoms with Gasteiger partial charge < -0.3 is 22.4 Å². The lowest BCUT2D eigenvalue weighted by Gasteiger charge is -2.52. The van der Waals surface area contributed by atoms with Crippen LogP contribution in [0, 0.1) is 0 Å². The molecule has 35 heavy (non-hydrogen) atoms. The maximum atomic E-state index is 12.8. The maximum Gasteiger partial charge on any atom is 0.335 e. The van der Waals surface area contributed by atoms with Crippen LogP contribution < -0.4 is 11.2 Å². The van der Waals surface area contributed by atoms with Gasteiger partial charge >= 0.3 is 22.8 Å². The van der Waals surface area contributed by atoms with E-state index in [9.17, 15) is 9.59 Å². The van der Waals surface area contributed by atoms with Crippen molar-refractivity contribution in [2.75, 3.05) is 13.2 Å². The average Bonchev–Trinajstić information content (AvgIpc) is 3.34. The first kappa shape index (κ1) is 27.0. The third kappa shape index (κ3) is 4.26. The Balaban J connectivity index is 1.87. The number of ether oxygens (including phenoxy) is 2. The number of aromatic nitrogens is 2. The number of aromatic amines is 1. The molecular weight excluding hydrogens is 484 g/mol. The zero-order valence-corrected chi connectivity index (χ0v) is 24.3.